The molecule has 0 fully saturated rings. The zero-order valence-corrected chi connectivity index (χ0v) is 61.5. The topological polar surface area (TPSA) is 104 Å². The summed E-state index contributed by atoms with van der Waals surface area (Å²) in [4.78, 5) is 31.9. The predicted octanol–water partition coefficient (Wildman–Crippen LogP) is 28.1. The van der Waals surface area contributed by atoms with Crippen LogP contribution in [0.15, 0.2) is 397 Å². The highest BCUT2D eigenvalue weighted by Crippen LogP contribution is 2.44. The van der Waals surface area contributed by atoms with Crippen molar-refractivity contribution in [3.05, 3.63) is 388 Å². The molecule has 0 aliphatic heterocycles. The van der Waals surface area contributed by atoms with Gasteiger partial charge in [-0.2, -0.15) is 0 Å². The maximum atomic E-state index is 6.41. The number of benzene rings is 18. The zero-order valence-electron chi connectivity index (χ0n) is 61.5. The summed E-state index contributed by atoms with van der Waals surface area (Å²) in [6.07, 6.45) is 0. The molecule has 4 aromatic heterocycles. The third kappa shape index (κ3) is 12.0. The molecule has 22 aromatic rings. The average molecular weight is 1450 g/mol. The highest BCUT2D eigenvalue weighted by Gasteiger charge is 2.23. The Morgan fingerprint density at radius 2 is 0.430 bits per heavy atom. The van der Waals surface area contributed by atoms with Crippen molar-refractivity contribution in [2.45, 2.75) is 0 Å². The minimum absolute atomic E-state index is 0.565. The van der Waals surface area contributed by atoms with E-state index < -0.39 is 0 Å². The van der Waals surface area contributed by atoms with Crippen molar-refractivity contribution in [3.8, 4) is 146 Å². The first kappa shape index (κ1) is 65.7. The van der Waals surface area contributed by atoms with Crippen LogP contribution >= 0.6 is 0 Å². The van der Waals surface area contributed by atoms with Gasteiger partial charge >= 0.3 is 0 Å². The van der Waals surface area contributed by atoms with Crippen molar-refractivity contribution >= 4 is 87.0 Å². The Morgan fingerprint density at radius 3 is 0.930 bits per heavy atom. The van der Waals surface area contributed by atoms with E-state index in [0.717, 1.165) is 166 Å². The quantitative estimate of drug-likeness (QED) is 0.112. The molecule has 0 spiro atoms. The molecule has 0 saturated heterocycles. The fraction of sp³-hybridized carbons (Fsp3) is 0. The summed E-state index contributed by atoms with van der Waals surface area (Å²) in [6, 6.07) is 138. The lowest BCUT2D eigenvalue weighted by Crippen LogP contribution is -2.01. The second kappa shape index (κ2) is 27.3. The third-order valence-electron chi connectivity index (χ3n) is 22.3. The number of fused-ring (bicyclic) bond motifs is 10. The molecule has 114 heavy (non-hydrogen) atoms. The molecule has 0 radical (unpaired) electrons. The van der Waals surface area contributed by atoms with E-state index in [1.165, 1.54) is 32.5 Å². The average Bonchev–Trinajstić information content (AvgIpc) is 1.44. The number of aromatic nitrogens is 6. The largest absolute Gasteiger partial charge is 0.456 e. The van der Waals surface area contributed by atoms with Crippen LogP contribution in [0.25, 0.3) is 233 Å². The van der Waals surface area contributed by atoms with Crippen LogP contribution in [0.1, 0.15) is 0 Å². The van der Waals surface area contributed by atoms with Crippen LogP contribution in [0.2, 0.25) is 0 Å². The molecule has 0 aliphatic rings. The molecule has 0 amide bonds. The van der Waals surface area contributed by atoms with Crippen molar-refractivity contribution < 1.29 is 8.83 Å². The normalized spacial score (nSPS) is 11.7. The van der Waals surface area contributed by atoms with Crippen LogP contribution in [-0.4, -0.2) is 29.9 Å². The fourth-order valence-corrected chi connectivity index (χ4v) is 16.5. The first-order valence-corrected chi connectivity index (χ1v) is 38.4. The van der Waals surface area contributed by atoms with E-state index in [9.17, 15) is 0 Å². The molecule has 0 saturated carbocycles. The minimum atomic E-state index is 0.565. The highest BCUT2D eigenvalue weighted by molar-refractivity contribution is 6.13. The SMILES string of the molecule is c1ccc(-c2nc(-c3cc(-c4ccc(-c5ccc6ccccc6c5)cc4)cc(-c4ccc5cc(-c6ccc7ccc(-c8ccc(-c9cc(-c%10nc(-c%11ccccc%11)nc(-c%11cccc%12oc%13ccccc%13c%11%12)n%10)cc(-c%10cccc%11ccccc%10%11)c9)cc8)cc7c6)ccc5c4)c3)nc(-c3cccc4oc5ccccc5c34)n2)cc1. The summed E-state index contributed by atoms with van der Waals surface area (Å²) in [6.45, 7) is 0. The molecule has 18 aromatic carbocycles. The molecule has 22 rings (SSSR count). The third-order valence-corrected chi connectivity index (χ3v) is 22.3. The predicted molar refractivity (Wildman–Crippen MR) is 468 cm³/mol. The van der Waals surface area contributed by atoms with Gasteiger partial charge in [0.25, 0.3) is 0 Å². The van der Waals surface area contributed by atoms with Gasteiger partial charge in [-0.1, -0.05) is 297 Å². The lowest BCUT2D eigenvalue weighted by Gasteiger charge is -2.14. The highest BCUT2D eigenvalue weighted by atomic mass is 16.3. The molecule has 4 heterocycles. The number of rotatable bonds is 13. The summed E-state index contributed by atoms with van der Waals surface area (Å²) in [5, 5.41) is 13.3. The van der Waals surface area contributed by atoms with E-state index in [-0.39, 0.29) is 0 Å². The first-order valence-electron chi connectivity index (χ1n) is 38.4. The van der Waals surface area contributed by atoms with Gasteiger partial charge in [0.2, 0.25) is 0 Å². The summed E-state index contributed by atoms with van der Waals surface area (Å²) < 4.78 is 12.8. The number of para-hydroxylation sites is 2. The molecule has 0 bridgehead atoms. The molecule has 530 valence electrons. The van der Waals surface area contributed by atoms with Gasteiger partial charge in [0.15, 0.2) is 34.9 Å². The second-order valence-corrected chi connectivity index (χ2v) is 29.3. The lowest BCUT2D eigenvalue weighted by molar-refractivity contribution is 0.668. The van der Waals surface area contributed by atoms with Crippen molar-refractivity contribution in [2.75, 3.05) is 0 Å². The maximum Gasteiger partial charge on any atom is 0.164 e. The Labute approximate surface area is 656 Å². The van der Waals surface area contributed by atoms with Crippen molar-refractivity contribution in [1.29, 1.82) is 0 Å². The summed E-state index contributed by atoms with van der Waals surface area (Å²) >= 11 is 0. The Morgan fingerprint density at radius 1 is 0.140 bits per heavy atom. The zero-order chi connectivity index (χ0) is 75.2. The molecule has 0 atom stereocenters. The van der Waals surface area contributed by atoms with E-state index in [4.69, 9.17) is 38.7 Å². The summed E-state index contributed by atoms with van der Waals surface area (Å²) in [5.74, 6) is 3.44. The maximum absolute atomic E-state index is 6.41. The minimum Gasteiger partial charge on any atom is -0.456 e. The Kier molecular flexibility index (Phi) is 15.7. The van der Waals surface area contributed by atoms with Crippen molar-refractivity contribution in [2.24, 2.45) is 0 Å². The fourth-order valence-electron chi connectivity index (χ4n) is 16.5. The first-order chi connectivity index (χ1) is 56.4. The monoisotopic (exact) mass is 1450 g/mol. The number of hydrogen-bond donors (Lipinski definition) is 0. The van der Waals surface area contributed by atoms with Gasteiger partial charge in [0.1, 0.15) is 22.3 Å². The van der Waals surface area contributed by atoms with Crippen LogP contribution in [0.4, 0.5) is 0 Å². The van der Waals surface area contributed by atoms with Crippen LogP contribution in [-0.2, 0) is 0 Å². The van der Waals surface area contributed by atoms with Gasteiger partial charge in [0, 0.05) is 54.9 Å². The van der Waals surface area contributed by atoms with Gasteiger partial charge in [0.05, 0.1) is 0 Å². The lowest BCUT2D eigenvalue weighted by atomic mass is 9.92. The van der Waals surface area contributed by atoms with E-state index in [1.54, 1.807) is 0 Å². The van der Waals surface area contributed by atoms with Crippen LogP contribution in [0, 0.1) is 0 Å². The van der Waals surface area contributed by atoms with E-state index in [1.807, 2.05) is 97.1 Å². The second-order valence-electron chi connectivity index (χ2n) is 29.3. The smallest absolute Gasteiger partial charge is 0.164 e. The van der Waals surface area contributed by atoms with Gasteiger partial charge in [-0.05, 0) is 212 Å². The standard InChI is InChI=1S/C106H64N6O2/c1-3-20-72(21-4-1)101-107-103(111-105(109-101)93-30-16-34-97-99(93)91-27-11-13-32-95(91)113-97)87-61-83(68-40-36-66(37-41-68)75-47-44-65-18-7-8-24-74(65)54-75)59-85(63-87)81-53-52-77-55-78(50-51-79(77)56-81)80-49-46-70-45-48-76(57-82(70)58-80)67-38-42-69(43-39-67)84-60-86(90-29-15-25-71-19-9-10-26-89(71)90)64-88(62-84)104-108-102(73-22-5-2-6-23-73)110-106(112-104)94-31-17-35-98-100(94)92-28-12-14-33-96(92)114-98/h1-64H. The van der Waals surface area contributed by atoms with Gasteiger partial charge in [-0.25, -0.2) is 29.9 Å². The molecular formula is C106H64N6O2. The Balaban J connectivity index is 0.603. The van der Waals surface area contributed by atoms with Crippen LogP contribution in [0.3, 0.4) is 0 Å². The number of nitrogens with zero attached hydrogens (tertiary/aromatic N) is 6. The van der Waals surface area contributed by atoms with Crippen molar-refractivity contribution in [1.82, 2.24) is 29.9 Å². The molecule has 0 unspecified atom stereocenters. The molecule has 0 aliphatic carbocycles. The summed E-state index contributed by atoms with van der Waals surface area (Å²) in [5.41, 5.74) is 23.8. The molecular weight excluding hydrogens is 1390 g/mol. The Bertz CT molecular complexity index is 7590. The molecule has 0 N–H and O–H groups in total. The van der Waals surface area contributed by atoms with E-state index in [0.29, 0.717) is 34.9 Å². The molecule has 8 heteroatoms. The van der Waals surface area contributed by atoms with Crippen LogP contribution in [0.5, 0.6) is 0 Å². The van der Waals surface area contributed by atoms with E-state index >= 15 is 0 Å². The summed E-state index contributed by atoms with van der Waals surface area (Å²) in [7, 11) is 0. The number of furan rings is 2. The van der Waals surface area contributed by atoms with Crippen molar-refractivity contribution in [3.63, 3.8) is 0 Å². The van der Waals surface area contributed by atoms with E-state index in [2.05, 4.69) is 291 Å². The van der Waals surface area contributed by atoms with Gasteiger partial charge in [-0.3, -0.25) is 0 Å². The van der Waals surface area contributed by atoms with Gasteiger partial charge < -0.3 is 8.83 Å². The Hall–Kier alpha value is -15.4. The number of hydrogen-bond acceptors (Lipinski definition) is 8. The van der Waals surface area contributed by atoms with Crippen LogP contribution < -0.4 is 0 Å². The molecule has 8 nitrogen and oxygen atoms in total. The van der Waals surface area contributed by atoms with Gasteiger partial charge in [-0.15, -0.1) is 0 Å².